The fourth-order valence-electron chi connectivity index (χ4n) is 3.60. The molecule has 1 aliphatic rings. The molecule has 1 atom stereocenters. The zero-order valence-electron chi connectivity index (χ0n) is 19.4. The van der Waals surface area contributed by atoms with E-state index in [0.29, 0.717) is 43.4 Å². The van der Waals surface area contributed by atoms with Crippen LogP contribution in [0.15, 0.2) is 54.6 Å². The Balaban J connectivity index is 1.52. The summed E-state index contributed by atoms with van der Waals surface area (Å²) in [6, 6.07) is 16.1. The first-order valence-electron chi connectivity index (χ1n) is 11.4. The molecule has 0 spiro atoms. The molecular weight excluding hydrogens is 490 g/mol. The number of morpholine rings is 1. The van der Waals surface area contributed by atoms with Gasteiger partial charge in [-0.2, -0.15) is 0 Å². The molecule has 3 rings (SSSR count). The van der Waals surface area contributed by atoms with Gasteiger partial charge in [-0.25, -0.2) is 8.42 Å². The lowest BCUT2D eigenvalue weighted by atomic mass is 10.2. The highest BCUT2D eigenvalue weighted by Gasteiger charge is 2.24. The van der Waals surface area contributed by atoms with Crippen LogP contribution in [-0.2, 0) is 29.9 Å². The van der Waals surface area contributed by atoms with Gasteiger partial charge >= 0.3 is 0 Å². The average molecular weight is 522 g/mol. The van der Waals surface area contributed by atoms with E-state index in [1.165, 1.54) is 0 Å². The molecule has 11 heteroatoms. The van der Waals surface area contributed by atoms with E-state index in [0.717, 1.165) is 13.1 Å². The van der Waals surface area contributed by atoms with Gasteiger partial charge in [0.25, 0.3) is 11.1 Å². The number of rotatable bonds is 12. The third-order valence-electron chi connectivity index (χ3n) is 5.34. The van der Waals surface area contributed by atoms with Crippen molar-refractivity contribution in [1.29, 1.82) is 0 Å². The van der Waals surface area contributed by atoms with Gasteiger partial charge < -0.3 is 25.3 Å². The Hall–Kier alpha value is -2.73. The van der Waals surface area contributed by atoms with Crippen LogP contribution in [0.4, 0.5) is 0 Å². The Bertz CT molecular complexity index is 1080. The largest absolute Gasteiger partial charge is 0.458 e. The lowest BCUT2D eigenvalue weighted by molar-refractivity contribution is -0.128. The van der Waals surface area contributed by atoms with Crippen molar-refractivity contribution >= 4 is 33.1 Å². The molecule has 0 saturated carbocycles. The number of thiocarbonyl (C=S) groups is 1. The van der Waals surface area contributed by atoms with Gasteiger partial charge in [-0.3, -0.25) is 9.69 Å². The lowest BCUT2D eigenvalue weighted by Gasteiger charge is -2.26. The summed E-state index contributed by atoms with van der Waals surface area (Å²) in [4.78, 5) is 14.8. The summed E-state index contributed by atoms with van der Waals surface area (Å²) in [7, 11) is -3.55. The summed E-state index contributed by atoms with van der Waals surface area (Å²) < 4.78 is 41.9. The normalized spacial score (nSPS) is 15.2. The van der Waals surface area contributed by atoms with Gasteiger partial charge in [0.2, 0.25) is 0 Å². The maximum absolute atomic E-state index is 12.8. The molecule has 1 heterocycles. The Morgan fingerprint density at radius 2 is 1.83 bits per heavy atom. The molecule has 1 aliphatic heterocycles. The lowest BCUT2D eigenvalue weighted by Crippen LogP contribution is -2.45. The Morgan fingerprint density at radius 1 is 1.11 bits per heavy atom. The number of nitrogens with zero attached hydrogens (tertiary/aromatic N) is 1. The predicted octanol–water partition coefficient (Wildman–Crippen LogP) is 1.86. The van der Waals surface area contributed by atoms with Crippen LogP contribution in [0.5, 0.6) is 11.5 Å². The summed E-state index contributed by atoms with van der Waals surface area (Å²) in [5, 5.41) is 2.47. The molecule has 0 bridgehead atoms. The third kappa shape index (κ3) is 9.81. The summed E-state index contributed by atoms with van der Waals surface area (Å²) in [6.45, 7) is 4.00. The number of benzene rings is 2. The first-order valence-corrected chi connectivity index (χ1v) is 13.6. The minimum atomic E-state index is -3.55. The summed E-state index contributed by atoms with van der Waals surface area (Å²) in [5.74, 6) is 0.292. The second kappa shape index (κ2) is 13.4. The second-order valence-electron chi connectivity index (χ2n) is 8.11. The first kappa shape index (κ1) is 26.9. The van der Waals surface area contributed by atoms with E-state index < -0.39 is 21.8 Å². The zero-order chi connectivity index (χ0) is 25.1. The Morgan fingerprint density at radius 3 is 2.54 bits per heavy atom. The molecule has 35 heavy (non-hydrogen) atoms. The van der Waals surface area contributed by atoms with Crippen LogP contribution in [0.1, 0.15) is 12.0 Å². The summed E-state index contributed by atoms with van der Waals surface area (Å²) in [5.41, 5.74) is 6.05. The van der Waals surface area contributed by atoms with Crippen LogP contribution in [0.2, 0.25) is 0 Å². The van der Waals surface area contributed by atoms with E-state index in [-0.39, 0.29) is 23.1 Å². The van der Waals surface area contributed by atoms with Gasteiger partial charge in [-0.15, -0.1) is 0 Å². The maximum atomic E-state index is 12.8. The number of ether oxygens (including phenoxy) is 3. The van der Waals surface area contributed by atoms with E-state index >= 15 is 0 Å². The Labute approximate surface area is 211 Å². The van der Waals surface area contributed by atoms with E-state index in [1.807, 2.05) is 30.3 Å². The highest BCUT2D eigenvalue weighted by atomic mass is 32.2. The first-order chi connectivity index (χ1) is 16.8. The van der Waals surface area contributed by atoms with Gasteiger partial charge in [-0.1, -0.05) is 30.3 Å². The minimum absolute atomic E-state index is 0.0662. The van der Waals surface area contributed by atoms with Gasteiger partial charge in [0.05, 0.1) is 24.7 Å². The van der Waals surface area contributed by atoms with Crippen LogP contribution in [0, 0.1) is 0 Å². The number of para-hydroxylation sites is 1. The molecule has 1 amide bonds. The molecule has 0 aliphatic carbocycles. The summed E-state index contributed by atoms with van der Waals surface area (Å²) >= 11 is 4.78. The van der Waals surface area contributed by atoms with E-state index in [9.17, 15) is 13.2 Å². The fraction of sp³-hybridized carbons (Fsp3) is 0.417. The van der Waals surface area contributed by atoms with E-state index in [2.05, 4.69) is 10.2 Å². The number of hydrogen-bond acceptors (Lipinski definition) is 8. The zero-order valence-corrected chi connectivity index (χ0v) is 21.1. The number of amides is 1. The van der Waals surface area contributed by atoms with Crippen molar-refractivity contribution in [3.63, 3.8) is 0 Å². The smallest absolute Gasteiger partial charge is 0.261 e. The molecule has 190 valence electrons. The molecule has 0 aromatic heterocycles. The van der Waals surface area contributed by atoms with E-state index in [1.54, 1.807) is 24.3 Å². The van der Waals surface area contributed by atoms with E-state index in [4.69, 9.17) is 32.2 Å². The van der Waals surface area contributed by atoms with Gasteiger partial charge in [0.15, 0.2) is 15.9 Å². The number of sulfone groups is 1. The third-order valence-corrected chi connectivity index (χ3v) is 7.06. The number of carbonyl (C=O) groups is 1. The van der Waals surface area contributed by atoms with Crippen molar-refractivity contribution < 1.29 is 27.4 Å². The van der Waals surface area contributed by atoms with Crippen molar-refractivity contribution in [3.8, 4) is 11.5 Å². The highest BCUT2D eigenvalue weighted by Crippen LogP contribution is 2.23. The average Bonchev–Trinajstić information content (AvgIpc) is 2.83. The van der Waals surface area contributed by atoms with Crippen LogP contribution in [0.3, 0.4) is 0 Å². The standard InChI is InChI=1S/C24H31N3O6S2/c25-24(34)33-22(23(28)26-10-11-27-12-14-31-15-13-27)9-16-35(29,30)18-19-5-4-8-21(17-19)32-20-6-2-1-3-7-20/h1-8,17,22H,9-16,18H2,(H2,25,34)(H,26,28). The molecule has 0 radical (unpaired) electrons. The highest BCUT2D eigenvalue weighted by molar-refractivity contribution is 7.90. The topological polar surface area (TPSA) is 120 Å². The molecule has 2 aromatic rings. The minimum Gasteiger partial charge on any atom is -0.458 e. The quantitative estimate of drug-likeness (QED) is 0.403. The molecule has 3 N–H and O–H groups in total. The van der Waals surface area contributed by atoms with Crippen LogP contribution in [0.25, 0.3) is 0 Å². The van der Waals surface area contributed by atoms with Crippen LogP contribution >= 0.6 is 12.2 Å². The number of nitrogens with two attached hydrogens (primary N) is 1. The van der Waals surface area contributed by atoms with Gasteiger partial charge in [0, 0.05) is 32.6 Å². The molecular formula is C24H31N3O6S2. The van der Waals surface area contributed by atoms with Crippen molar-refractivity contribution in [1.82, 2.24) is 10.2 Å². The number of carbonyl (C=O) groups excluding carboxylic acids is 1. The van der Waals surface area contributed by atoms with Crippen molar-refractivity contribution in [2.45, 2.75) is 18.3 Å². The second-order valence-corrected chi connectivity index (χ2v) is 10.7. The van der Waals surface area contributed by atoms with Gasteiger partial charge in [0.1, 0.15) is 11.5 Å². The summed E-state index contributed by atoms with van der Waals surface area (Å²) in [6.07, 6.45) is -1.15. The molecule has 1 saturated heterocycles. The SMILES string of the molecule is NC(=S)OC(CCS(=O)(=O)Cc1cccc(Oc2ccccc2)c1)C(=O)NCCN1CCOCC1. The van der Waals surface area contributed by atoms with Crippen molar-refractivity contribution in [3.05, 3.63) is 60.2 Å². The fourth-order valence-corrected chi connectivity index (χ4v) is 5.12. The maximum Gasteiger partial charge on any atom is 0.261 e. The van der Waals surface area contributed by atoms with Crippen LogP contribution in [-0.4, -0.2) is 75.6 Å². The van der Waals surface area contributed by atoms with Crippen LogP contribution < -0.4 is 15.8 Å². The number of hydrogen-bond donors (Lipinski definition) is 2. The Kier molecular flexibility index (Phi) is 10.3. The molecule has 1 fully saturated rings. The molecule has 1 unspecified atom stereocenters. The number of nitrogens with one attached hydrogen (secondary N) is 1. The predicted molar refractivity (Wildman–Crippen MR) is 137 cm³/mol. The monoisotopic (exact) mass is 521 g/mol. The van der Waals surface area contributed by atoms with Gasteiger partial charge in [-0.05, 0) is 42.0 Å². The molecule has 2 aromatic carbocycles. The molecule has 9 nitrogen and oxygen atoms in total. The van der Waals surface area contributed by atoms with Crippen molar-refractivity contribution in [2.75, 3.05) is 45.1 Å². The van der Waals surface area contributed by atoms with Crippen molar-refractivity contribution in [2.24, 2.45) is 5.73 Å².